The SMILES string of the molecule is C1=CCCC1.C1=CCCCCC1. The van der Waals surface area contributed by atoms with E-state index in [1.54, 1.807) is 0 Å². The van der Waals surface area contributed by atoms with Crippen LogP contribution in [-0.2, 0) is 0 Å². The molecule has 0 aliphatic heterocycles. The van der Waals surface area contributed by atoms with Crippen molar-refractivity contribution >= 4 is 0 Å². The van der Waals surface area contributed by atoms with Gasteiger partial charge in [-0.25, -0.2) is 0 Å². The maximum absolute atomic E-state index is 2.30. The third-order valence-electron chi connectivity index (χ3n) is 2.32. The number of rotatable bonds is 0. The molecule has 0 saturated carbocycles. The highest BCUT2D eigenvalue weighted by Gasteiger charge is 1.88. The molecule has 0 fully saturated rings. The molecule has 2 rings (SSSR count). The van der Waals surface area contributed by atoms with Crippen molar-refractivity contribution in [2.24, 2.45) is 0 Å². The molecule has 0 N–H and O–H groups in total. The highest BCUT2D eigenvalue weighted by molar-refractivity contribution is 4.88. The van der Waals surface area contributed by atoms with Crippen LogP contribution < -0.4 is 0 Å². The summed E-state index contributed by atoms with van der Waals surface area (Å²) < 4.78 is 0. The van der Waals surface area contributed by atoms with E-state index in [2.05, 4.69) is 24.3 Å². The lowest BCUT2D eigenvalue weighted by molar-refractivity contribution is 0.718. The Morgan fingerprint density at radius 3 is 1.17 bits per heavy atom. The summed E-state index contributed by atoms with van der Waals surface area (Å²) >= 11 is 0. The minimum atomic E-state index is 1.32. The Labute approximate surface area is 76.4 Å². The fraction of sp³-hybridized carbons (Fsp3) is 0.667. The smallest absolute Gasteiger partial charge is 0.0348 e. The second kappa shape index (κ2) is 7.15. The van der Waals surface area contributed by atoms with E-state index in [9.17, 15) is 0 Å². The second-order valence-corrected chi connectivity index (χ2v) is 3.51. The average molecular weight is 164 g/mol. The van der Waals surface area contributed by atoms with Crippen LogP contribution in [0, 0.1) is 0 Å². The zero-order chi connectivity index (χ0) is 8.49. The Morgan fingerprint density at radius 2 is 0.833 bits per heavy atom. The number of allylic oxidation sites excluding steroid dienone is 4. The van der Waals surface area contributed by atoms with E-state index in [4.69, 9.17) is 0 Å². The summed E-state index contributed by atoms with van der Waals surface area (Å²) in [5, 5.41) is 0. The van der Waals surface area contributed by atoms with Crippen LogP contribution in [0.5, 0.6) is 0 Å². The van der Waals surface area contributed by atoms with Gasteiger partial charge in [0.25, 0.3) is 0 Å². The molecule has 12 heavy (non-hydrogen) atoms. The van der Waals surface area contributed by atoms with Gasteiger partial charge in [-0.2, -0.15) is 0 Å². The molecule has 0 aromatic carbocycles. The van der Waals surface area contributed by atoms with Crippen LogP contribution >= 0.6 is 0 Å². The molecule has 0 heteroatoms. The molecule has 0 amide bonds. The van der Waals surface area contributed by atoms with E-state index in [-0.39, 0.29) is 0 Å². The topological polar surface area (TPSA) is 0 Å². The molecule has 0 unspecified atom stereocenters. The zero-order valence-electron chi connectivity index (χ0n) is 7.97. The third kappa shape index (κ3) is 5.17. The molecule has 0 heterocycles. The van der Waals surface area contributed by atoms with Gasteiger partial charge in [0, 0.05) is 0 Å². The van der Waals surface area contributed by atoms with E-state index >= 15 is 0 Å². The van der Waals surface area contributed by atoms with Crippen molar-refractivity contribution in [3.05, 3.63) is 24.3 Å². The maximum atomic E-state index is 2.30. The van der Waals surface area contributed by atoms with E-state index < -0.39 is 0 Å². The molecule has 0 aromatic rings. The van der Waals surface area contributed by atoms with Crippen LogP contribution in [0.15, 0.2) is 24.3 Å². The highest BCUT2D eigenvalue weighted by Crippen LogP contribution is 2.08. The maximum Gasteiger partial charge on any atom is -0.0348 e. The molecule has 0 aromatic heterocycles. The molecule has 2 aliphatic rings. The Bertz CT molecular complexity index is 128. The van der Waals surface area contributed by atoms with Crippen molar-refractivity contribution in [1.29, 1.82) is 0 Å². The van der Waals surface area contributed by atoms with Crippen LogP contribution in [0.25, 0.3) is 0 Å². The predicted octanol–water partition coefficient (Wildman–Crippen LogP) is 4.23. The second-order valence-electron chi connectivity index (χ2n) is 3.51. The molecule has 0 bridgehead atoms. The summed E-state index contributed by atoms with van der Waals surface area (Å²) in [6, 6.07) is 0. The number of hydrogen-bond donors (Lipinski definition) is 0. The van der Waals surface area contributed by atoms with E-state index in [0.29, 0.717) is 0 Å². The highest BCUT2D eigenvalue weighted by atomic mass is 13.9. The van der Waals surface area contributed by atoms with Crippen LogP contribution in [0.2, 0.25) is 0 Å². The Morgan fingerprint density at radius 1 is 0.417 bits per heavy atom. The van der Waals surface area contributed by atoms with Gasteiger partial charge < -0.3 is 0 Å². The van der Waals surface area contributed by atoms with Crippen molar-refractivity contribution in [3.8, 4) is 0 Å². The van der Waals surface area contributed by atoms with Crippen molar-refractivity contribution < 1.29 is 0 Å². The van der Waals surface area contributed by atoms with Crippen LogP contribution in [0.1, 0.15) is 51.4 Å². The first-order valence-electron chi connectivity index (χ1n) is 5.30. The van der Waals surface area contributed by atoms with Crippen molar-refractivity contribution in [3.63, 3.8) is 0 Å². The quantitative estimate of drug-likeness (QED) is 0.470. The van der Waals surface area contributed by atoms with Gasteiger partial charge in [-0.15, -0.1) is 0 Å². The standard InChI is InChI=1S/C7H12.C5H8/c1-2-4-6-7-5-3-1;1-2-4-5-3-1/h1-2H,3-7H2;1-2H,3-5H2. The zero-order valence-corrected chi connectivity index (χ0v) is 7.97. The normalized spacial score (nSPS) is 21.3. The monoisotopic (exact) mass is 164 g/mol. The van der Waals surface area contributed by atoms with Gasteiger partial charge in [0.05, 0.1) is 0 Å². The molecule has 0 spiro atoms. The molecule has 0 nitrogen and oxygen atoms in total. The van der Waals surface area contributed by atoms with E-state index in [1.165, 1.54) is 51.4 Å². The Balaban J connectivity index is 0.000000127. The minimum Gasteiger partial charge on any atom is -0.0885 e. The lowest BCUT2D eigenvalue weighted by atomic mass is 10.2. The summed E-state index contributed by atoms with van der Waals surface area (Å²) in [6.45, 7) is 0. The first-order chi connectivity index (χ1) is 6.00. The van der Waals surface area contributed by atoms with Gasteiger partial charge in [0.1, 0.15) is 0 Å². The van der Waals surface area contributed by atoms with Gasteiger partial charge in [0.2, 0.25) is 0 Å². The summed E-state index contributed by atoms with van der Waals surface area (Å²) in [6.07, 6.45) is 20.0. The predicted molar refractivity (Wildman–Crippen MR) is 55.2 cm³/mol. The first kappa shape index (κ1) is 9.57. The molecule has 2 aliphatic carbocycles. The van der Waals surface area contributed by atoms with E-state index in [0.717, 1.165) is 0 Å². The van der Waals surface area contributed by atoms with Gasteiger partial charge in [0.15, 0.2) is 0 Å². The van der Waals surface area contributed by atoms with Gasteiger partial charge in [-0.1, -0.05) is 30.7 Å². The van der Waals surface area contributed by atoms with Crippen LogP contribution in [-0.4, -0.2) is 0 Å². The summed E-state index contributed by atoms with van der Waals surface area (Å²) in [7, 11) is 0. The minimum absolute atomic E-state index is 1.32. The van der Waals surface area contributed by atoms with Crippen molar-refractivity contribution in [2.45, 2.75) is 51.4 Å². The molecule has 0 atom stereocenters. The van der Waals surface area contributed by atoms with Gasteiger partial charge >= 0.3 is 0 Å². The summed E-state index contributed by atoms with van der Waals surface area (Å²) in [5.41, 5.74) is 0. The lowest BCUT2D eigenvalue weighted by Crippen LogP contribution is -1.67. The molecule has 68 valence electrons. The summed E-state index contributed by atoms with van der Waals surface area (Å²) in [4.78, 5) is 0. The number of hydrogen-bond acceptors (Lipinski definition) is 0. The first-order valence-corrected chi connectivity index (χ1v) is 5.30. The van der Waals surface area contributed by atoms with Crippen molar-refractivity contribution in [1.82, 2.24) is 0 Å². The van der Waals surface area contributed by atoms with E-state index in [1.807, 2.05) is 0 Å². The van der Waals surface area contributed by atoms with Crippen LogP contribution in [0.4, 0.5) is 0 Å². The largest absolute Gasteiger partial charge is 0.0885 e. The van der Waals surface area contributed by atoms with Gasteiger partial charge in [-0.3, -0.25) is 0 Å². The fourth-order valence-electron chi connectivity index (χ4n) is 1.53. The van der Waals surface area contributed by atoms with Crippen molar-refractivity contribution in [2.75, 3.05) is 0 Å². The molecular formula is C12H20. The third-order valence-corrected chi connectivity index (χ3v) is 2.32. The molecule has 0 saturated heterocycles. The Kier molecular flexibility index (Phi) is 5.70. The Hall–Kier alpha value is -0.520. The average Bonchev–Trinajstić information content (AvgIpc) is 2.54. The van der Waals surface area contributed by atoms with Crippen LogP contribution in [0.3, 0.4) is 0 Å². The summed E-state index contributed by atoms with van der Waals surface area (Å²) in [5.74, 6) is 0. The molecular weight excluding hydrogens is 144 g/mol. The lowest BCUT2D eigenvalue weighted by Gasteiger charge is -1.86. The van der Waals surface area contributed by atoms with Gasteiger partial charge in [-0.05, 0) is 44.9 Å². The fourth-order valence-corrected chi connectivity index (χ4v) is 1.53. The molecule has 0 radical (unpaired) electrons.